The Bertz CT molecular complexity index is 924. The molecule has 2 N–H and O–H groups in total. The van der Waals surface area contributed by atoms with Crippen LogP contribution in [-0.2, 0) is 34.2 Å². The molecule has 2 atom stereocenters. The highest BCUT2D eigenvalue weighted by Gasteiger charge is 2.61. The van der Waals surface area contributed by atoms with E-state index in [0.29, 0.717) is 11.3 Å². The van der Waals surface area contributed by atoms with Gasteiger partial charge >= 0.3 is 11.9 Å². The highest BCUT2D eigenvalue weighted by atomic mass is 16.6. The predicted molar refractivity (Wildman–Crippen MR) is 96.0 cm³/mol. The van der Waals surface area contributed by atoms with Gasteiger partial charge in [0.2, 0.25) is 12.0 Å². The van der Waals surface area contributed by atoms with Crippen molar-refractivity contribution < 1.29 is 28.6 Å². The zero-order valence-corrected chi connectivity index (χ0v) is 15.4. The number of rotatable bonds is 4. The summed E-state index contributed by atoms with van der Waals surface area (Å²) in [7, 11) is 0. The summed E-state index contributed by atoms with van der Waals surface area (Å²) in [6.07, 6.45) is 2.24. The average Bonchev–Trinajstić information content (AvgIpc) is 3.24. The molecule has 1 unspecified atom stereocenters. The van der Waals surface area contributed by atoms with Crippen molar-refractivity contribution in [1.82, 2.24) is 10.2 Å². The molecule has 1 aromatic carbocycles. The maximum atomic E-state index is 13.1. The molecular weight excluding hydrogens is 366 g/mol. The molecule has 0 bridgehead atoms. The second kappa shape index (κ2) is 6.68. The Kier molecular flexibility index (Phi) is 4.31. The Hall–Kier alpha value is -3.33. The first-order valence-electron chi connectivity index (χ1n) is 8.93. The van der Waals surface area contributed by atoms with Crippen LogP contribution in [0, 0.1) is 0 Å². The molecule has 0 aliphatic carbocycles. The van der Waals surface area contributed by atoms with Crippen LogP contribution in [0.4, 0.5) is 5.69 Å². The van der Waals surface area contributed by atoms with Crippen LogP contribution in [0.3, 0.4) is 0 Å². The van der Waals surface area contributed by atoms with Gasteiger partial charge in [0.1, 0.15) is 11.3 Å². The number of amides is 1. The summed E-state index contributed by atoms with van der Waals surface area (Å²) >= 11 is 0. The Labute approximate surface area is 160 Å². The van der Waals surface area contributed by atoms with E-state index in [-0.39, 0.29) is 24.5 Å². The van der Waals surface area contributed by atoms with Crippen molar-refractivity contribution in [3.8, 4) is 0 Å². The van der Waals surface area contributed by atoms with Crippen molar-refractivity contribution in [3.05, 3.63) is 53.5 Å². The lowest BCUT2D eigenvalue weighted by Gasteiger charge is -2.41. The lowest BCUT2D eigenvalue weighted by Crippen LogP contribution is -2.56. The largest absolute Gasteiger partial charge is 0.462 e. The third-order valence-electron chi connectivity index (χ3n) is 4.68. The predicted octanol–water partition coefficient (Wildman–Crippen LogP) is 0.904. The zero-order valence-electron chi connectivity index (χ0n) is 15.4. The number of hydrogen-bond donors (Lipinski definition) is 2. The van der Waals surface area contributed by atoms with E-state index in [1.807, 2.05) is 0 Å². The minimum atomic E-state index is -1.84. The second-order valence-electron chi connectivity index (χ2n) is 6.21. The highest BCUT2D eigenvalue weighted by molar-refractivity contribution is 6.15. The van der Waals surface area contributed by atoms with Gasteiger partial charge in [-0.25, -0.2) is 9.59 Å². The van der Waals surface area contributed by atoms with E-state index in [9.17, 15) is 14.4 Å². The van der Waals surface area contributed by atoms with Crippen LogP contribution in [0.2, 0.25) is 0 Å². The first kappa shape index (κ1) is 18.1. The number of carbonyl (C=O) groups excluding carboxylic acids is 3. The van der Waals surface area contributed by atoms with Crippen molar-refractivity contribution in [2.24, 2.45) is 0 Å². The van der Waals surface area contributed by atoms with Crippen LogP contribution in [-0.4, -0.2) is 42.3 Å². The lowest BCUT2D eigenvalue weighted by molar-refractivity contribution is -0.175. The van der Waals surface area contributed by atoms with Crippen LogP contribution in [0.15, 0.2) is 47.9 Å². The highest BCUT2D eigenvalue weighted by Crippen LogP contribution is 2.49. The Morgan fingerprint density at radius 1 is 1.18 bits per heavy atom. The Balaban J connectivity index is 2.02. The minimum Gasteiger partial charge on any atom is -0.462 e. The van der Waals surface area contributed by atoms with Gasteiger partial charge in [0.15, 0.2) is 0 Å². The van der Waals surface area contributed by atoms with Crippen molar-refractivity contribution in [2.45, 2.75) is 25.8 Å². The van der Waals surface area contributed by atoms with Crippen molar-refractivity contribution >= 4 is 23.5 Å². The molecule has 1 amide bonds. The van der Waals surface area contributed by atoms with Crippen LogP contribution in [0.25, 0.3) is 0 Å². The molecule has 0 radical (unpaired) electrons. The number of para-hydroxylation sites is 1. The number of nitrogens with one attached hydrogen (secondary N) is 2. The van der Waals surface area contributed by atoms with E-state index in [1.165, 1.54) is 4.90 Å². The van der Waals surface area contributed by atoms with Gasteiger partial charge in [0.25, 0.3) is 5.91 Å². The normalized spacial score (nSPS) is 24.6. The SMILES string of the molecule is CCOC(=O)C1=C(C(=O)OCC)C2(O[C@H]3NC=CN13)C(=O)Nc1ccccc12. The summed E-state index contributed by atoms with van der Waals surface area (Å²) in [6, 6.07) is 6.85. The molecule has 0 aromatic heterocycles. The number of fused-ring (bicyclic) bond motifs is 3. The van der Waals surface area contributed by atoms with Gasteiger partial charge in [0, 0.05) is 23.7 Å². The van der Waals surface area contributed by atoms with Gasteiger partial charge in [0.05, 0.1) is 13.2 Å². The van der Waals surface area contributed by atoms with E-state index in [4.69, 9.17) is 14.2 Å². The second-order valence-corrected chi connectivity index (χ2v) is 6.21. The lowest BCUT2D eigenvalue weighted by atomic mass is 9.84. The number of ether oxygens (including phenoxy) is 3. The molecule has 28 heavy (non-hydrogen) atoms. The number of hydrogen-bond acceptors (Lipinski definition) is 8. The van der Waals surface area contributed by atoms with E-state index in [0.717, 1.165) is 0 Å². The molecule has 0 fully saturated rings. The standard InChI is InChI=1S/C19H19N3O6/c1-3-26-15(23)13-14(16(24)27-4-2)22-10-9-20-18(22)28-19(13)11-7-5-6-8-12(11)21-17(19)25/h5-10,18,20H,3-4H2,1-2H3,(H,21,25)/t18-,19?/m0/s1. The fourth-order valence-corrected chi connectivity index (χ4v) is 3.62. The van der Waals surface area contributed by atoms with Gasteiger partial charge in [-0.3, -0.25) is 9.69 Å². The van der Waals surface area contributed by atoms with Crippen LogP contribution in [0.1, 0.15) is 19.4 Å². The van der Waals surface area contributed by atoms with E-state index in [1.54, 1.807) is 50.5 Å². The third-order valence-corrected chi connectivity index (χ3v) is 4.68. The number of carbonyl (C=O) groups is 3. The fraction of sp³-hybridized carbons (Fsp3) is 0.316. The molecule has 3 aliphatic rings. The molecule has 4 rings (SSSR count). The summed E-state index contributed by atoms with van der Waals surface area (Å²) in [5, 5.41) is 5.66. The van der Waals surface area contributed by atoms with Crippen molar-refractivity contribution in [2.75, 3.05) is 18.5 Å². The monoisotopic (exact) mass is 385 g/mol. The Morgan fingerprint density at radius 2 is 1.89 bits per heavy atom. The molecule has 1 spiro atoms. The first-order chi connectivity index (χ1) is 13.5. The zero-order chi connectivity index (χ0) is 19.9. The summed E-state index contributed by atoms with van der Waals surface area (Å²) in [5.74, 6) is -2.15. The Morgan fingerprint density at radius 3 is 2.64 bits per heavy atom. The molecule has 9 nitrogen and oxygen atoms in total. The molecule has 0 saturated carbocycles. The summed E-state index contributed by atoms with van der Waals surface area (Å²) in [6.45, 7) is 3.46. The van der Waals surface area contributed by atoms with Crippen LogP contribution < -0.4 is 10.6 Å². The van der Waals surface area contributed by atoms with Gasteiger partial charge in [-0.15, -0.1) is 0 Å². The first-order valence-corrected chi connectivity index (χ1v) is 8.93. The summed E-state index contributed by atoms with van der Waals surface area (Å²) < 4.78 is 16.5. The average molecular weight is 385 g/mol. The summed E-state index contributed by atoms with van der Waals surface area (Å²) in [5.41, 5.74) is -1.22. The van der Waals surface area contributed by atoms with E-state index in [2.05, 4.69) is 10.6 Å². The number of nitrogens with zero attached hydrogens (tertiary/aromatic N) is 1. The van der Waals surface area contributed by atoms with E-state index < -0.39 is 29.8 Å². The number of anilines is 1. The van der Waals surface area contributed by atoms with Gasteiger partial charge in [-0.05, 0) is 19.9 Å². The number of benzene rings is 1. The van der Waals surface area contributed by atoms with Gasteiger partial charge in [-0.2, -0.15) is 0 Å². The van der Waals surface area contributed by atoms with Crippen molar-refractivity contribution in [3.63, 3.8) is 0 Å². The van der Waals surface area contributed by atoms with Gasteiger partial charge < -0.3 is 24.8 Å². The molecule has 3 heterocycles. The molecule has 146 valence electrons. The minimum absolute atomic E-state index is 0.0648. The third kappa shape index (κ3) is 2.40. The molecule has 0 saturated heterocycles. The smallest absolute Gasteiger partial charge is 0.355 e. The molecule has 3 aliphatic heterocycles. The van der Waals surface area contributed by atoms with Crippen LogP contribution >= 0.6 is 0 Å². The van der Waals surface area contributed by atoms with Crippen molar-refractivity contribution in [1.29, 1.82) is 0 Å². The number of esters is 2. The maximum Gasteiger partial charge on any atom is 0.355 e. The fourth-order valence-electron chi connectivity index (χ4n) is 3.62. The summed E-state index contributed by atoms with van der Waals surface area (Å²) in [4.78, 5) is 40.4. The maximum absolute atomic E-state index is 13.1. The quantitative estimate of drug-likeness (QED) is 0.737. The van der Waals surface area contributed by atoms with E-state index >= 15 is 0 Å². The van der Waals surface area contributed by atoms with Gasteiger partial charge in [-0.1, -0.05) is 18.2 Å². The molecule has 1 aromatic rings. The van der Waals surface area contributed by atoms with Crippen LogP contribution in [0.5, 0.6) is 0 Å². The topological polar surface area (TPSA) is 106 Å². The molecular formula is C19H19N3O6. The molecule has 9 heteroatoms.